The predicted molar refractivity (Wildman–Crippen MR) is 110 cm³/mol. The summed E-state index contributed by atoms with van der Waals surface area (Å²) in [6, 6.07) is 19.2. The number of nitrogens with zero attached hydrogens (tertiary/aromatic N) is 4. The van der Waals surface area contributed by atoms with Crippen molar-refractivity contribution in [3.8, 4) is 6.07 Å². The Morgan fingerprint density at radius 3 is 2.50 bits per heavy atom. The van der Waals surface area contributed by atoms with Crippen LogP contribution in [0.15, 0.2) is 54.6 Å². The molecule has 0 aliphatic carbocycles. The first kappa shape index (κ1) is 18.3. The number of halogens is 1. The second-order valence-corrected chi connectivity index (χ2v) is 7.26. The van der Waals surface area contributed by atoms with Gasteiger partial charge in [-0.3, -0.25) is 4.79 Å². The van der Waals surface area contributed by atoms with Crippen LogP contribution in [0.25, 0.3) is 10.9 Å². The molecule has 5 nitrogen and oxygen atoms in total. The molecule has 0 bridgehead atoms. The second kappa shape index (κ2) is 7.87. The number of nitriles is 1. The zero-order valence-corrected chi connectivity index (χ0v) is 16.1. The van der Waals surface area contributed by atoms with Crippen molar-refractivity contribution in [1.82, 2.24) is 9.88 Å². The van der Waals surface area contributed by atoms with E-state index in [-0.39, 0.29) is 5.91 Å². The van der Waals surface area contributed by atoms with Crippen molar-refractivity contribution in [3.63, 3.8) is 0 Å². The summed E-state index contributed by atoms with van der Waals surface area (Å²) in [6.07, 6.45) is 0.383. The van der Waals surface area contributed by atoms with Gasteiger partial charge in [-0.2, -0.15) is 5.26 Å². The van der Waals surface area contributed by atoms with E-state index in [1.165, 1.54) is 0 Å². The number of carbonyl (C=O) groups is 1. The van der Waals surface area contributed by atoms with Crippen LogP contribution in [0.3, 0.4) is 0 Å². The molecule has 0 atom stereocenters. The molecule has 0 spiro atoms. The lowest BCUT2D eigenvalue weighted by atomic mass is 10.1. The number of aromatic nitrogens is 1. The number of hydrogen-bond acceptors (Lipinski definition) is 4. The van der Waals surface area contributed by atoms with Crippen molar-refractivity contribution < 1.29 is 4.79 Å². The maximum atomic E-state index is 12.6. The molecule has 1 amide bonds. The number of pyridine rings is 1. The average molecular weight is 391 g/mol. The maximum Gasteiger partial charge on any atom is 0.227 e. The van der Waals surface area contributed by atoms with Crippen LogP contribution >= 0.6 is 11.6 Å². The monoisotopic (exact) mass is 390 g/mol. The highest BCUT2D eigenvalue weighted by Gasteiger charge is 2.23. The number of para-hydroxylation sites is 1. The van der Waals surface area contributed by atoms with Crippen LogP contribution in [-0.4, -0.2) is 42.0 Å². The topological polar surface area (TPSA) is 60.2 Å². The van der Waals surface area contributed by atoms with E-state index in [0.29, 0.717) is 30.2 Å². The summed E-state index contributed by atoms with van der Waals surface area (Å²) in [4.78, 5) is 21.1. The minimum absolute atomic E-state index is 0.124. The van der Waals surface area contributed by atoms with Gasteiger partial charge in [0.2, 0.25) is 5.91 Å². The maximum absolute atomic E-state index is 12.6. The zero-order chi connectivity index (χ0) is 19.5. The van der Waals surface area contributed by atoms with Crippen molar-refractivity contribution in [2.24, 2.45) is 0 Å². The third-order valence-electron chi connectivity index (χ3n) is 5.05. The van der Waals surface area contributed by atoms with Gasteiger partial charge in [0, 0.05) is 42.3 Å². The van der Waals surface area contributed by atoms with E-state index < -0.39 is 0 Å². The number of hydrogen-bond donors (Lipinski definition) is 0. The molecule has 0 unspecified atom stereocenters. The molecular formula is C22H19ClN4O. The Bertz CT molecular complexity index is 1050. The number of fused-ring (bicyclic) bond motifs is 1. The Balaban J connectivity index is 1.47. The first-order valence-corrected chi connectivity index (χ1v) is 9.59. The Hall–Kier alpha value is -3.10. The van der Waals surface area contributed by atoms with E-state index in [2.05, 4.69) is 16.0 Å². The van der Waals surface area contributed by atoms with E-state index >= 15 is 0 Å². The SMILES string of the molecule is N#Cc1cc(N2CCN(C(=O)Cc3ccc(Cl)cc3)CC2)c2ccccc2n1. The van der Waals surface area contributed by atoms with Crippen LogP contribution in [0.2, 0.25) is 5.02 Å². The molecule has 140 valence electrons. The highest BCUT2D eigenvalue weighted by molar-refractivity contribution is 6.30. The molecule has 4 rings (SSSR count). The lowest BCUT2D eigenvalue weighted by Gasteiger charge is -2.36. The zero-order valence-electron chi connectivity index (χ0n) is 15.3. The standard InChI is InChI=1S/C22H19ClN4O/c23-17-7-5-16(6-8-17)13-22(28)27-11-9-26(10-12-27)21-14-18(15-24)25-20-4-2-1-3-19(20)21/h1-8,14H,9-13H2. The molecule has 1 aliphatic rings. The normalized spacial score (nSPS) is 14.1. The largest absolute Gasteiger partial charge is 0.367 e. The quantitative estimate of drug-likeness (QED) is 0.684. The molecule has 0 radical (unpaired) electrons. The summed E-state index contributed by atoms with van der Waals surface area (Å²) >= 11 is 5.91. The van der Waals surface area contributed by atoms with Gasteiger partial charge in [-0.05, 0) is 29.8 Å². The third-order valence-corrected chi connectivity index (χ3v) is 5.30. The van der Waals surface area contributed by atoms with E-state index in [1.807, 2.05) is 59.5 Å². The molecule has 1 saturated heterocycles. The lowest BCUT2D eigenvalue weighted by Crippen LogP contribution is -2.49. The lowest BCUT2D eigenvalue weighted by molar-refractivity contribution is -0.130. The Morgan fingerprint density at radius 1 is 1.07 bits per heavy atom. The average Bonchev–Trinajstić information content (AvgIpc) is 2.74. The van der Waals surface area contributed by atoms with Crippen LogP contribution in [0.4, 0.5) is 5.69 Å². The summed E-state index contributed by atoms with van der Waals surface area (Å²) in [5.41, 5.74) is 3.20. The molecule has 1 fully saturated rings. The van der Waals surface area contributed by atoms with Gasteiger partial charge in [0.05, 0.1) is 11.9 Å². The predicted octanol–water partition coefficient (Wildman–Crippen LogP) is 3.65. The van der Waals surface area contributed by atoms with E-state index in [9.17, 15) is 10.1 Å². The van der Waals surface area contributed by atoms with Crippen molar-refractivity contribution in [2.75, 3.05) is 31.1 Å². The van der Waals surface area contributed by atoms with Crippen LogP contribution in [0.1, 0.15) is 11.3 Å². The summed E-state index contributed by atoms with van der Waals surface area (Å²) in [7, 11) is 0. The van der Waals surface area contributed by atoms with Gasteiger partial charge < -0.3 is 9.80 Å². The Labute approximate surface area is 168 Å². The van der Waals surface area contributed by atoms with Gasteiger partial charge in [0.1, 0.15) is 11.8 Å². The molecule has 2 aromatic carbocycles. The fourth-order valence-corrected chi connectivity index (χ4v) is 3.69. The van der Waals surface area contributed by atoms with Crippen LogP contribution in [0, 0.1) is 11.3 Å². The molecule has 28 heavy (non-hydrogen) atoms. The van der Waals surface area contributed by atoms with Crippen molar-refractivity contribution in [1.29, 1.82) is 5.26 Å². The van der Waals surface area contributed by atoms with Crippen molar-refractivity contribution >= 4 is 34.1 Å². The number of rotatable bonds is 3. The van der Waals surface area contributed by atoms with E-state index in [0.717, 1.165) is 35.2 Å². The van der Waals surface area contributed by atoms with E-state index in [4.69, 9.17) is 11.6 Å². The van der Waals surface area contributed by atoms with Gasteiger partial charge in [-0.25, -0.2) is 4.98 Å². The molecule has 6 heteroatoms. The number of carbonyl (C=O) groups excluding carboxylic acids is 1. The number of piperazine rings is 1. The van der Waals surface area contributed by atoms with E-state index in [1.54, 1.807) is 0 Å². The summed E-state index contributed by atoms with van der Waals surface area (Å²) in [5.74, 6) is 0.124. The van der Waals surface area contributed by atoms with Gasteiger partial charge in [0.25, 0.3) is 0 Å². The minimum Gasteiger partial charge on any atom is -0.367 e. The highest BCUT2D eigenvalue weighted by Crippen LogP contribution is 2.27. The van der Waals surface area contributed by atoms with Gasteiger partial charge in [0.15, 0.2) is 0 Å². The smallest absolute Gasteiger partial charge is 0.227 e. The van der Waals surface area contributed by atoms with Gasteiger partial charge in [-0.15, -0.1) is 0 Å². The molecule has 1 aromatic heterocycles. The fraction of sp³-hybridized carbons (Fsp3) is 0.227. The molecular weight excluding hydrogens is 372 g/mol. The summed E-state index contributed by atoms with van der Waals surface area (Å²) in [5, 5.41) is 11.0. The van der Waals surface area contributed by atoms with Crippen molar-refractivity contribution in [3.05, 3.63) is 70.9 Å². The Kier molecular flexibility index (Phi) is 5.14. The first-order chi connectivity index (χ1) is 13.6. The molecule has 1 aliphatic heterocycles. The van der Waals surface area contributed by atoms with Crippen LogP contribution in [-0.2, 0) is 11.2 Å². The minimum atomic E-state index is 0.124. The molecule has 2 heterocycles. The van der Waals surface area contributed by atoms with Crippen molar-refractivity contribution in [2.45, 2.75) is 6.42 Å². The molecule has 3 aromatic rings. The molecule has 0 saturated carbocycles. The fourth-order valence-electron chi connectivity index (χ4n) is 3.56. The van der Waals surface area contributed by atoms with Gasteiger partial charge >= 0.3 is 0 Å². The highest BCUT2D eigenvalue weighted by atomic mass is 35.5. The summed E-state index contributed by atoms with van der Waals surface area (Å²) in [6.45, 7) is 2.77. The number of amides is 1. The van der Waals surface area contributed by atoms with Crippen LogP contribution in [0.5, 0.6) is 0 Å². The second-order valence-electron chi connectivity index (χ2n) is 6.83. The van der Waals surface area contributed by atoms with Crippen LogP contribution < -0.4 is 4.90 Å². The van der Waals surface area contributed by atoms with Gasteiger partial charge in [-0.1, -0.05) is 41.9 Å². The summed E-state index contributed by atoms with van der Waals surface area (Å²) < 4.78 is 0. The number of anilines is 1. The Morgan fingerprint density at radius 2 is 1.79 bits per heavy atom. The number of benzene rings is 2. The third kappa shape index (κ3) is 3.78. The molecule has 0 N–H and O–H groups in total. The first-order valence-electron chi connectivity index (χ1n) is 9.21.